The van der Waals surface area contributed by atoms with E-state index in [9.17, 15) is 28.4 Å². The summed E-state index contributed by atoms with van der Waals surface area (Å²) in [4.78, 5) is 87.9. The second kappa shape index (κ2) is 23.9. The molecule has 2 aliphatic rings. The molecule has 0 saturated carbocycles. The van der Waals surface area contributed by atoms with E-state index in [-0.39, 0.29) is 72.6 Å². The molecule has 2 atom stereocenters. The van der Waals surface area contributed by atoms with Crippen LogP contribution in [0, 0.1) is 0 Å². The molecule has 3 aromatic rings. The van der Waals surface area contributed by atoms with Crippen molar-refractivity contribution in [1.82, 2.24) is 29.4 Å². The molecule has 5 rings (SSSR count). The number of nitrogen functional groups attached to an aromatic ring is 1. The highest BCUT2D eigenvalue weighted by Gasteiger charge is 2.55. The number of hydrogen-bond donors (Lipinski definition) is 2. The van der Waals surface area contributed by atoms with Crippen LogP contribution in [0.5, 0.6) is 5.75 Å². The van der Waals surface area contributed by atoms with Crippen LogP contribution in [0.3, 0.4) is 0 Å². The fraction of sp³-hybridized carbons (Fsp3) is 0.488. The Morgan fingerprint density at radius 3 is 2.31 bits per heavy atom. The number of amides is 4. The van der Waals surface area contributed by atoms with Crippen LogP contribution < -0.4 is 49.2 Å². The third kappa shape index (κ3) is 14.6. The minimum atomic E-state index is -1.35. The van der Waals surface area contributed by atoms with Gasteiger partial charge in [-0.15, -0.1) is 11.8 Å². The SMILES string of the molecule is COc1ccc(COC(=O)C2=C(C[n+]3cccc(N(CCCN(C)C(=O)OC(C)(C)C)C(=O)OC(C)(C)C)c3/N=C/N(C)C)CS[C@@H]3[C@H](NC(=O)/C(=N\OCF)c4nsc(N)n4)C(=O)N23)cc1.[I-]. The predicted octanol–water partition coefficient (Wildman–Crippen LogP) is 1.39. The zero-order valence-electron chi connectivity index (χ0n) is 39.5. The Labute approximate surface area is 419 Å². The minimum absolute atomic E-state index is 0. The van der Waals surface area contributed by atoms with Crippen LogP contribution in [0.2, 0.25) is 0 Å². The van der Waals surface area contributed by atoms with Crippen molar-refractivity contribution >= 4 is 82.0 Å². The fourth-order valence-electron chi connectivity index (χ4n) is 6.45. The molecule has 1 saturated heterocycles. The van der Waals surface area contributed by atoms with Crippen molar-refractivity contribution in [2.24, 2.45) is 10.1 Å². The second-order valence-electron chi connectivity index (χ2n) is 17.3. The van der Waals surface area contributed by atoms with Gasteiger partial charge in [-0.05, 0) is 82.8 Å². The van der Waals surface area contributed by atoms with E-state index in [2.05, 4.69) is 24.7 Å². The molecule has 370 valence electrons. The zero-order valence-corrected chi connectivity index (χ0v) is 43.3. The number of rotatable bonds is 18. The zero-order chi connectivity index (χ0) is 49.2. The number of nitrogens with zero attached hydrogens (tertiary/aromatic N) is 9. The van der Waals surface area contributed by atoms with Crippen LogP contribution in [0.1, 0.15) is 59.4 Å². The standard InChI is InChI=1S/C43H56FN11O10S2.HI/c1-42(2,3)64-40(59)52(9)18-12-20-54(41(60)65-43(4,5)6)29-13-11-19-53(34(29)46-25-51(7)8)21-27-23-66-37-31(47-35(56)30(49-63-24-44)33-48-39(45)67-50-33)36(57)55(37)32(27)38(58)62-22-26-14-16-28(61-10)17-15-26;/h11,13-17,19,25,31,37H,12,18,20-24H2,1-10H3,(H2-,45,47,48,50,56);1H/b49-30-;/t31-,37-;/m1./s1. The van der Waals surface area contributed by atoms with Gasteiger partial charge < -0.3 is 68.6 Å². The van der Waals surface area contributed by atoms with Gasteiger partial charge in [-0.1, -0.05) is 17.3 Å². The highest BCUT2D eigenvalue weighted by molar-refractivity contribution is 8.00. The molecule has 21 nitrogen and oxygen atoms in total. The number of β-lactam (4-membered cyclic amide) rings is 1. The van der Waals surface area contributed by atoms with Gasteiger partial charge in [0.2, 0.25) is 17.9 Å². The van der Waals surface area contributed by atoms with E-state index in [1.165, 1.54) is 33.6 Å². The number of nitrogens with two attached hydrogens (primary N) is 1. The molecule has 0 bridgehead atoms. The van der Waals surface area contributed by atoms with Crippen LogP contribution in [0.15, 0.2) is 64.0 Å². The van der Waals surface area contributed by atoms with Crippen LogP contribution in [0.4, 0.5) is 30.6 Å². The molecular weight excluding hydrogens is 1040 g/mol. The number of hydrogen-bond acceptors (Lipinski definition) is 17. The van der Waals surface area contributed by atoms with Gasteiger partial charge in [-0.3, -0.25) is 19.4 Å². The third-order valence-electron chi connectivity index (χ3n) is 9.41. The molecule has 1 fully saturated rings. The normalized spacial score (nSPS) is 16.0. The first-order chi connectivity index (χ1) is 31.6. The summed E-state index contributed by atoms with van der Waals surface area (Å²) in [6.07, 6.45) is 2.43. The van der Waals surface area contributed by atoms with Crippen molar-refractivity contribution in [2.75, 3.05) is 64.6 Å². The summed E-state index contributed by atoms with van der Waals surface area (Å²) < 4.78 is 41.2. The molecular formula is C43H57FIN11O10S2. The first kappa shape index (κ1) is 54.8. The summed E-state index contributed by atoms with van der Waals surface area (Å²) in [6, 6.07) is 9.17. The number of fused-ring (bicyclic) bond motifs is 1. The molecule has 4 amide bonds. The molecule has 3 N–H and O–H groups in total. The predicted molar refractivity (Wildman–Crippen MR) is 248 cm³/mol. The number of thioether (sulfide) groups is 1. The van der Waals surface area contributed by atoms with Gasteiger partial charge in [0.05, 0.1) is 13.3 Å². The Hall–Kier alpha value is -5.83. The Morgan fingerprint density at radius 2 is 1.71 bits per heavy atom. The summed E-state index contributed by atoms with van der Waals surface area (Å²) in [6.45, 7) is 9.41. The van der Waals surface area contributed by atoms with Crippen LogP contribution >= 0.6 is 23.3 Å². The Kier molecular flexibility index (Phi) is 19.3. The summed E-state index contributed by atoms with van der Waals surface area (Å²) in [5.74, 6) is -1.55. The van der Waals surface area contributed by atoms with Crippen molar-refractivity contribution in [3.05, 3.63) is 65.3 Å². The maximum atomic E-state index is 14.3. The number of oxime groups is 1. The van der Waals surface area contributed by atoms with Crippen LogP contribution in [-0.4, -0.2) is 143 Å². The van der Waals surface area contributed by atoms with Crippen molar-refractivity contribution < 1.29 is 80.7 Å². The van der Waals surface area contributed by atoms with E-state index in [1.54, 1.807) is 121 Å². The van der Waals surface area contributed by atoms with Crippen LogP contribution in [-0.2, 0) is 46.6 Å². The van der Waals surface area contributed by atoms with Gasteiger partial charge in [-0.25, -0.2) is 23.3 Å². The molecule has 1 aromatic carbocycles. The highest BCUT2D eigenvalue weighted by atomic mass is 127. The second-order valence-corrected chi connectivity index (χ2v) is 19.2. The minimum Gasteiger partial charge on any atom is -1.00 e. The van der Waals surface area contributed by atoms with E-state index < -0.39 is 65.2 Å². The first-order valence-electron chi connectivity index (χ1n) is 20.9. The lowest BCUT2D eigenvalue weighted by atomic mass is 10.0. The van der Waals surface area contributed by atoms with Crippen LogP contribution in [0.25, 0.3) is 0 Å². The lowest BCUT2D eigenvalue weighted by Crippen LogP contribution is -3.00. The van der Waals surface area contributed by atoms with E-state index in [4.69, 9.17) is 29.7 Å². The van der Waals surface area contributed by atoms with Gasteiger partial charge in [0.1, 0.15) is 52.9 Å². The Bertz CT molecular complexity index is 2390. The number of nitrogens with one attached hydrogen (secondary N) is 1. The molecule has 25 heteroatoms. The maximum Gasteiger partial charge on any atom is 0.415 e. The molecule has 0 aliphatic carbocycles. The van der Waals surface area contributed by atoms with E-state index in [0.717, 1.165) is 11.5 Å². The topological polar surface area (TPSA) is 237 Å². The molecule has 0 radical (unpaired) electrons. The van der Waals surface area contributed by atoms with Crippen molar-refractivity contribution in [1.29, 1.82) is 0 Å². The summed E-state index contributed by atoms with van der Waals surface area (Å²) >= 11 is 2.05. The Morgan fingerprint density at radius 1 is 1.03 bits per heavy atom. The van der Waals surface area contributed by atoms with Crippen molar-refractivity contribution in [2.45, 2.75) is 83.7 Å². The van der Waals surface area contributed by atoms with Crippen molar-refractivity contribution in [3.8, 4) is 5.75 Å². The third-order valence-corrected chi connectivity index (χ3v) is 11.3. The maximum absolute atomic E-state index is 14.3. The molecule has 68 heavy (non-hydrogen) atoms. The lowest BCUT2D eigenvalue weighted by Gasteiger charge is -2.49. The van der Waals surface area contributed by atoms with Gasteiger partial charge in [0, 0.05) is 57.1 Å². The lowest BCUT2D eigenvalue weighted by molar-refractivity contribution is -0.675. The number of alkyl halides is 1. The molecule has 2 aliphatic heterocycles. The summed E-state index contributed by atoms with van der Waals surface area (Å²) in [5.41, 5.74) is 5.05. The van der Waals surface area contributed by atoms with Gasteiger partial charge in [0.25, 0.3) is 18.7 Å². The molecule has 2 aromatic heterocycles. The molecule has 0 spiro atoms. The van der Waals surface area contributed by atoms with E-state index >= 15 is 0 Å². The smallest absolute Gasteiger partial charge is 0.415 e. The average molecular weight is 1100 g/mol. The number of carbonyl (C=O) groups is 5. The van der Waals surface area contributed by atoms with Gasteiger partial charge in [0.15, 0.2) is 5.13 Å². The molecule has 4 heterocycles. The Balaban J connectivity index is 0.0000101. The van der Waals surface area contributed by atoms with E-state index in [1.807, 2.05) is 0 Å². The number of pyridine rings is 1. The number of aliphatic imine (C=N–C) groups is 1. The summed E-state index contributed by atoms with van der Waals surface area (Å²) in [7, 11) is 6.71. The number of anilines is 2. The molecule has 0 unspecified atom stereocenters. The number of ether oxygens (including phenoxy) is 4. The number of methoxy groups -OCH3 is 1. The largest absolute Gasteiger partial charge is 1.00 e. The number of benzene rings is 1. The number of aromatic nitrogens is 3. The highest BCUT2D eigenvalue weighted by Crippen LogP contribution is 2.41. The fourth-order valence-corrected chi connectivity index (χ4v) is 8.22. The first-order valence-corrected chi connectivity index (χ1v) is 22.7. The van der Waals surface area contributed by atoms with Crippen molar-refractivity contribution in [3.63, 3.8) is 0 Å². The average Bonchev–Trinajstić information content (AvgIpc) is 3.69. The number of carbonyl (C=O) groups excluding carboxylic acids is 5. The quantitative estimate of drug-likeness (QED) is 0.0268. The monoisotopic (exact) mass is 1100 g/mol. The summed E-state index contributed by atoms with van der Waals surface area (Å²) in [5, 5.41) is 5.35. The number of halogens is 2. The van der Waals surface area contributed by atoms with Gasteiger partial charge >= 0.3 is 24.0 Å². The number of esters is 1. The van der Waals surface area contributed by atoms with Gasteiger partial charge in [-0.2, -0.15) is 9.36 Å². The van der Waals surface area contributed by atoms with E-state index in [0.29, 0.717) is 34.8 Å².